The van der Waals surface area contributed by atoms with Crippen molar-refractivity contribution in [3.63, 3.8) is 0 Å². The number of thiophene rings is 1. The summed E-state index contributed by atoms with van der Waals surface area (Å²) >= 11 is 1.70. The van der Waals surface area contributed by atoms with Crippen LogP contribution in [0.1, 0.15) is 24.9 Å². The summed E-state index contributed by atoms with van der Waals surface area (Å²) in [5.74, 6) is 0.167. The smallest absolute Gasteiger partial charge is 0.223 e. The molecule has 0 bridgehead atoms. The van der Waals surface area contributed by atoms with Crippen LogP contribution in [0.3, 0.4) is 0 Å². The molecule has 4 heteroatoms. The molecule has 1 rings (SSSR count). The first-order valence-corrected chi connectivity index (χ1v) is 6.01. The third kappa shape index (κ3) is 4.01. The molecule has 1 aromatic heterocycles. The molecule has 3 nitrogen and oxygen atoms in total. The van der Waals surface area contributed by atoms with Gasteiger partial charge in [-0.3, -0.25) is 4.79 Å². The summed E-state index contributed by atoms with van der Waals surface area (Å²) in [4.78, 5) is 12.9. The molecule has 0 aliphatic heterocycles. The normalized spacial score (nSPS) is 12.5. The van der Waals surface area contributed by atoms with Crippen molar-refractivity contribution in [3.8, 4) is 0 Å². The zero-order valence-corrected chi connectivity index (χ0v) is 10.3. The topological polar surface area (TPSA) is 32.3 Å². The molecule has 0 saturated carbocycles. The molecule has 0 aromatic carbocycles. The van der Waals surface area contributed by atoms with Crippen LogP contribution in [-0.4, -0.2) is 31.4 Å². The standard InChI is InChI=1S/C11H18N2OS/c1-9(10-5-7-15-8-10)12-6-4-11(14)13(2)3/h5,7-9,12H,4,6H2,1-3H3. The minimum atomic E-state index is 0.167. The molecule has 1 amide bonds. The molecule has 15 heavy (non-hydrogen) atoms. The van der Waals surface area contributed by atoms with Gasteiger partial charge in [-0.05, 0) is 29.3 Å². The summed E-state index contributed by atoms with van der Waals surface area (Å²) in [6, 6.07) is 2.43. The highest BCUT2D eigenvalue weighted by atomic mass is 32.1. The van der Waals surface area contributed by atoms with Crippen molar-refractivity contribution in [3.05, 3.63) is 22.4 Å². The number of nitrogens with zero attached hydrogens (tertiary/aromatic N) is 1. The number of hydrogen-bond donors (Lipinski definition) is 1. The predicted molar refractivity (Wildman–Crippen MR) is 64.0 cm³/mol. The van der Waals surface area contributed by atoms with Gasteiger partial charge in [0.1, 0.15) is 0 Å². The fourth-order valence-electron chi connectivity index (χ4n) is 1.26. The molecule has 1 unspecified atom stereocenters. The average molecular weight is 226 g/mol. The Balaban J connectivity index is 2.24. The van der Waals surface area contributed by atoms with Crippen molar-refractivity contribution in [2.24, 2.45) is 0 Å². The minimum absolute atomic E-state index is 0.167. The number of carbonyl (C=O) groups excluding carboxylic acids is 1. The molecular formula is C11H18N2OS. The van der Waals surface area contributed by atoms with Crippen LogP contribution in [0.15, 0.2) is 16.8 Å². The van der Waals surface area contributed by atoms with Crippen LogP contribution in [0.25, 0.3) is 0 Å². The monoisotopic (exact) mass is 226 g/mol. The van der Waals surface area contributed by atoms with E-state index in [4.69, 9.17) is 0 Å². The van der Waals surface area contributed by atoms with E-state index < -0.39 is 0 Å². The second kappa shape index (κ2) is 5.88. The lowest BCUT2D eigenvalue weighted by atomic mass is 10.2. The van der Waals surface area contributed by atoms with Gasteiger partial charge in [-0.15, -0.1) is 0 Å². The van der Waals surface area contributed by atoms with Crippen molar-refractivity contribution in [1.29, 1.82) is 0 Å². The Morgan fingerprint density at radius 3 is 2.87 bits per heavy atom. The Bertz CT molecular complexity index is 296. The summed E-state index contributed by atoms with van der Waals surface area (Å²) in [5, 5.41) is 7.53. The molecule has 0 aliphatic carbocycles. The SMILES string of the molecule is CC(NCCC(=O)N(C)C)c1ccsc1. The van der Waals surface area contributed by atoms with E-state index in [-0.39, 0.29) is 5.91 Å². The first kappa shape index (κ1) is 12.2. The second-order valence-corrected chi connectivity index (χ2v) is 4.55. The molecule has 0 fully saturated rings. The van der Waals surface area contributed by atoms with Crippen molar-refractivity contribution in [2.75, 3.05) is 20.6 Å². The Labute approximate surface area is 95.1 Å². The van der Waals surface area contributed by atoms with E-state index >= 15 is 0 Å². The van der Waals surface area contributed by atoms with Crippen LogP contribution < -0.4 is 5.32 Å². The summed E-state index contributed by atoms with van der Waals surface area (Å²) in [5.41, 5.74) is 1.29. The quantitative estimate of drug-likeness (QED) is 0.831. The maximum atomic E-state index is 11.3. The summed E-state index contributed by atoms with van der Waals surface area (Å²) in [6.07, 6.45) is 0.557. The van der Waals surface area contributed by atoms with E-state index in [0.717, 1.165) is 6.54 Å². The Morgan fingerprint density at radius 2 is 2.33 bits per heavy atom. The number of carbonyl (C=O) groups is 1. The molecule has 0 aliphatic rings. The number of nitrogens with one attached hydrogen (secondary N) is 1. The second-order valence-electron chi connectivity index (χ2n) is 3.77. The first-order valence-electron chi connectivity index (χ1n) is 5.07. The fraction of sp³-hybridized carbons (Fsp3) is 0.545. The van der Waals surface area contributed by atoms with Crippen LogP contribution in [0, 0.1) is 0 Å². The van der Waals surface area contributed by atoms with E-state index in [1.54, 1.807) is 30.3 Å². The van der Waals surface area contributed by atoms with Gasteiger partial charge in [0.25, 0.3) is 0 Å². The van der Waals surface area contributed by atoms with Crippen LogP contribution in [0.5, 0.6) is 0 Å². The molecule has 0 radical (unpaired) electrons. The molecular weight excluding hydrogens is 208 g/mol. The lowest BCUT2D eigenvalue weighted by molar-refractivity contribution is -0.128. The van der Waals surface area contributed by atoms with Crippen molar-refractivity contribution >= 4 is 17.2 Å². The van der Waals surface area contributed by atoms with Crippen LogP contribution >= 0.6 is 11.3 Å². The molecule has 1 atom stereocenters. The Hall–Kier alpha value is -0.870. The van der Waals surface area contributed by atoms with Crippen molar-refractivity contribution in [1.82, 2.24) is 10.2 Å². The van der Waals surface area contributed by atoms with Crippen molar-refractivity contribution < 1.29 is 4.79 Å². The van der Waals surface area contributed by atoms with Crippen LogP contribution in [0.2, 0.25) is 0 Å². The predicted octanol–water partition coefficient (Wildman–Crippen LogP) is 1.88. The third-order valence-corrected chi connectivity index (χ3v) is 3.03. The van der Waals surface area contributed by atoms with Gasteiger partial charge in [-0.25, -0.2) is 0 Å². The Kier molecular flexibility index (Phi) is 4.78. The lowest BCUT2D eigenvalue weighted by Crippen LogP contribution is -2.27. The number of amides is 1. The van der Waals surface area contributed by atoms with Gasteiger partial charge in [0.2, 0.25) is 5.91 Å². The van der Waals surface area contributed by atoms with Gasteiger partial charge >= 0.3 is 0 Å². The van der Waals surface area contributed by atoms with E-state index in [0.29, 0.717) is 12.5 Å². The van der Waals surface area contributed by atoms with Crippen molar-refractivity contribution in [2.45, 2.75) is 19.4 Å². The molecule has 1 heterocycles. The molecule has 0 spiro atoms. The van der Waals surface area contributed by atoms with E-state index in [1.807, 2.05) is 0 Å². The summed E-state index contributed by atoms with van der Waals surface area (Å²) in [6.45, 7) is 2.84. The minimum Gasteiger partial charge on any atom is -0.349 e. The van der Waals surface area contributed by atoms with E-state index in [2.05, 4.69) is 29.1 Å². The largest absolute Gasteiger partial charge is 0.349 e. The van der Waals surface area contributed by atoms with Gasteiger partial charge < -0.3 is 10.2 Å². The zero-order valence-electron chi connectivity index (χ0n) is 9.49. The third-order valence-electron chi connectivity index (χ3n) is 2.33. The van der Waals surface area contributed by atoms with Crippen LogP contribution in [0.4, 0.5) is 0 Å². The van der Waals surface area contributed by atoms with Gasteiger partial charge in [0, 0.05) is 33.1 Å². The van der Waals surface area contributed by atoms with Gasteiger partial charge in [-0.2, -0.15) is 11.3 Å². The summed E-state index contributed by atoms with van der Waals surface area (Å²) in [7, 11) is 3.56. The highest BCUT2D eigenvalue weighted by Gasteiger charge is 2.07. The maximum absolute atomic E-state index is 11.3. The molecule has 1 N–H and O–H groups in total. The molecule has 84 valence electrons. The van der Waals surface area contributed by atoms with Gasteiger partial charge in [0.05, 0.1) is 0 Å². The van der Waals surface area contributed by atoms with Crippen LogP contribution in [-0.2, 0) is 4.79 Å². The number of hydrogen-bond acceptors (Lipinski definition) is 3. The average Bonchev–Trinajstić information content (AvgIpc) is 2.70. The first-order chi connectivity index (χ1) is 7.11. The van der Waals surface area contributed by atoms with Gasteiger partial charge in [-0.1, -0.05) is 0 Å². The van der Waals surface area contributed by atoms with E-state index in [1.165, 1.54) is 5.56 Å². The van der Waals surface area contributed by atoms with Gasteiger partial charge in [0.15, 0.2) is 0 Å². The maximum Gasteiger partial charge on any atom is 0.223 e. The highest BCUT2D eigenvalue weighted by Crippen LogP contribution is 2.15. The summed E-state index contributed by atoms with van der Waals surface area (Å²) < 4.78 is 0. The molecule has 0 saturated heterocycles. The lowest BCUT2D eigenvalue weighted by Gasteiger charge is -2.14. The van der Waals surface area contributed by atoms with E-state index in [9.17, 15) is 4.79 Å². The Morgan fingerprint density at radius 1 is 1.60 bits per heavy atom. The zero-order chi connectivity index (χ0) is 11.3. The number of rotatable bonds is 5. The highest BCUT2D eigenvalue weighted by molar-refractivity contribution is 7.07. The molecule has 1 aromatic rings. The fourth-order valence-corrected chi connectivity index (χ4v) is 2.01.